The van der Waals surface area contributed by atoms with Crippen molar-refractivity contribution in [2.45, 2.75) is 57.8 Å². The van der Waals surface area contributed by atoms with Gasteiger partial charge in [-0.3, -0.25) is 0 Å². The summed E-state index contributed by atoms with van der Waals surface area (Å²) < 4.78 is 5.74. The summed E-state index contributed by atoms with van der Waals surface area (Å²) in [7, 11) is 0. The Balaban J connectivity index is 1.34. The summed E-state index contributed by atoms with van der Waals surface area (Å²) in [5, 5.41) is 23.6. The van der Waals surface area contributed by atoms with Crippen LogP contribution < -0.4 is 15.8 Å². The van der Waals surface area contributed by atoms with Gasteiger partial charge in [0.25, 0.3) is 0 Å². The molecule has 0 spiro atoms. The van der Waals surface area contributed by atoms with Gasteiger partial charge in [0.15, 0.2) is 0 Å². The fourth-order valence-corrected chi connectivity index (χ4v) is 5.77. The maximum absolute atomic E-state index is 12.8. The van der Waals surface area contributed by atoms with Crippen LogP contribution in [0, 0.1) is 0 Å². The number of nitrogens with two attached hydrogens (primary N) is 1. The third-order valence-electron chi connectivity index (χ3n) is 6.53. The molecule has 8 nitrogen and oxygen atoms in total. The Morgan fingerprint density at radius 2 is 2.06 bits per heavy atom. The number of ether oxygens (including phenoxy) is 1. The molecule has 5 rings (SSSR count). The Kier molecular flexibility index (Phi) is 6.62. The predicted octanol–water partition coefficient (Wildman–Crippen LogP) is 4.40. The van der Waals surface area contributed by atoms with Crippen molar-refractivity contribution in [3.05, 3.63) is 47.5 Å². The molecular weight excluding hydrogens is 462 g/mol. The number of aromatic nitrogens is 2. The van der Waals surface area contributed by atoms with Crippen molar-refractivity contribution >= 4 is 23.1 Å². The number of likely N-dealkylation sites (tertiary alicyclic amines) is 1. The average molecular weight is 494 g/mol. The number of nitrogens with zero attached hydrogens (tertiary/aromatic N) is 3. The SMILES string of the molecule is CC(C)Oc1ccc(-c2nnc(-c3cccc4c3CC[C@@H]4NC(=O)N3CCC[C@H](O)C3)s2)cc1N. The van der Waals surface area contributed by atoms with Crippen LogP contribution in [0.5, 0.6) is 5.75 Å². The molecular formula is C26H31N5O3S. The molecule has 0 unspecified atom stereocenters. The smallest absolute Gasteiger partial charge is 0.317 e. The first kappa shape index (κ1) is 23.6. The number of fused-ring (bicyclic) bond motifs is 1. The maximum Gasteiger partial charge on any atom is 0.317 e. The molecule has 2 atom stereocenters. The van der Waals surface area contributed by atoms with Gasteiger partial charge in [-0.1, -0.05) is 29.5 Å². The summed E-state index contributed by atoms with van der Waals surface area (Å²) in [6.45, 7) is 5.02. The number of anilines is 1. The number of piperidine rings is 1. The number of aliphatic hydroxyl groups is 1. The van der Waals surface area contributed by atoms with E-state index in [0.717, 1.165) is 52.4 Å². The van der Waals surface area contributed by atoms with E-state index in [-0.39, 0.29) is 18.2 Å². The number of nitrogen functional groups attached to an aromatic ring is 1. The monoisotopic (exact) mass is 493 g/mol. The largest absolute Gasteiger partial charge is 0.489 e. The third kappa shape index (κ3) is 4.97. The number of carbonyl (C=O) groups excluding carboxylic acids is 1. The minimum atomic E-state index is -0.433. The van der Waals surface area contributed by atoms with E-state index >= 15 is 0 Å². The molecule has 4 N–H and O–H groups in total. The Morgan fingerprint density at radius 3 is 2.83 bits per heavy atom. The normalized spacial score (nSPS) is 19.6. The van der Waals surface area contributed by atoms with Crippen LogP contribution in [0.4, 0.5) is 10.5 Å². The maximum atomic E-state index is 12.8. The molecule has 2 heterocycles. The summed E-state index contributed by atoms with van der Waals surface area (Å²) in [5.41, 5.74) is 11.1. The number of rotatable bonds is 5. The highest BCUT2D eigenvalue weighted by atomic mass is 32.1. The molecule has 0 saturated carbocycles. The molecule has 1 saturated heterocycles. The first-order chi connectivity index (χ1) is 16.9. The van der Waals surface area contributed by atoms with Crippen LogP contribution in [-0.4, -0.2) is 51.5 Å². The lowest BCUT2D eigenvalue weighted by atomic mass is 10.0. The minimum absolute atomic E-state index is 0.0442. The van der Waals surface area contributed by atoms with E-state index in [1.165, 1.54) is 16.9 Å². The van der Waals surface area contributed by atoms with Crippen molar-refractivity contribution in [3.8, 4) is 26.9 Å². The zero-order valence-corrected chi connectivity index (χ0v) is 20.8. The van der Waals surface area contributed by atoms with E-state index in [1.54, 1.807) is 4.90 Å². The average Bonchev–Trinajstić information content (AvgIpc) is 3.48. The highest BCUT2D eigenvalue weighted by Gasteiger charge is 2.30. The quantitative estimate of drug-likeness (QED) is 0.454. The highest BCUT2D eigenvalue weighted by molar-refractivity contribution is 7.17. The van der Waals surface area contributed by atoms with Crippen molar-refractivity contribution in [2.75, 3.05) is 18.8 Å². The van der Waals surface area contributed by atoms with Crippen molar-refractivity contribution in [3.63, 3.8) is 0 Å². The molecule has 2 amide bonds. The van der Waals surface area contributed by atoms with Gasteiger partial charge in [0.1, 0.15) is 15.8 Å². The van der Waals surface area contributed by atoms with Gasteiger partial charge in [-0.05, 0) is 68.9 Å². The van der Waals surface area contributed by atoms with Gasteiger partial charge in [0.2, 0.25) is 0 Å². The third-order valence-corrected chi connectivity index (χ3v) is 7.53. The molecule has 1 fully saturated rings. The van der Waals surface area contributed by atoms with Crippen molar-refractivity contribution in [1.82, 2.24) is 20.4 Å². The second kappa shape index (κ2) is 9.83. The van der Waals surface area contributed by atoms with Gasteiger partial charge in [0, 0.05) is 24.2 Å². The molecule has 1 aromatic heterocycles. The van der Waals surface area contributed by atoms with Crippen LogP contribution in [0.1, 0.15) is 50.3 Å². The van der Waals surface area contributed by atoms with Crippen LogP contribution in [0.25, 0.3) is 21.1 Å². The van der Waals surface area contributed by atoms with E-state index in [4.69, 9.17) is 10.5 Å². The highest BCUT2D eigenvalue weighted by Crippen LogP contribution is 2.40. The number of nitrogens with one attached hydrogen (secondary N) is 1. The summed E-state index contributed by atoms with van der Waals surface area (Å²) in [4.78, 5) is 14.5. The van der Waals surface area contributed by atoms with Gasteiger partial charge in [-0.2, -0.15) is 0 Å². The molecule has 35 heavy (non-hydrogen) atoms. The Hall–Kier alpha value is -3.17. The Labute approximate surface area is 209 Å². The second-order valence-corrected chi connectivity index (χ2v) is 10.5. The van der Waals surface area contributed by atoms with E-state index in [9.17, 15) is 9.90 Å². The van der Waals surface area contributed by atoms with Gasteiger partial charge >= 0.3 is 6.03 Å². The van der Waals surface area contributed by atoms with E-state index in [0.29, 0.717) is 24.5 Å². The summed E-state index contributed by atoms with van der Waals surface area (Å²) in [5.74, 6) is 0.668. The zero-order valence-electron chi connectivity index (χ0n) is 20.0. The predicted molar refractivity (Wildman–Crippen MR) is 137 cm³/mol. The van der Waals surface area contributed by atoms with Gasteiger partial charge in [-0.15, -0.1) is 10.2 Å². The second-order valence-electron chi connectivity index (χ2n) is 9.49. The summed E-state index contributed by atoms with van der Waals surface area (Å²) in [6, 6.07) is 11.7. The number of urea groups is 1. The Morgan fingerprint density at radius 1 is 1.23 bits per heavy atom. The molecule has 0 bridgehead atoms. The van der Waals surface area contributed by atoms with Crippen LogP contribution in [-0.2, 0) is 6.42 Å². The van der Waals surface area contributed by atoms with Gasteiger partial charge in [-0.25, -0.2) is 4.79 Å². The lowest BCUT2D eigenvalue weighted by molar-refractivity contribution is 0.0833. The first-order valence-electron chi connectivity index (χ1n) is 12.1. The summed E-state index contributed by atoms with van der Waals surface area (Å²) >= 11 is 1.53. The first-order valence-corrected chi connectivity index (χ1v) is 13.0. The minimum Gasteiger partial charge on any atom is -0.489 e. The fourth-order valence-electron chi connectivity index (χ4n) is 4.88. The topological polar surface area (TPSA) is 114 Å². The number of hydrogen-bond acceptors (Lipinski definition) is 7. The fraction of sp³-hybridized carbons (Fsp3) is 0.423. The molecule has 1 aliphatic carbocycles. The van der Waals surface area contributed by atoms with Gasteiger partial charge < -0.3 is 25.8 Å². The van der Waals surface area contributed by atoms with Crippen molar-refractivity contribution < 1.29 is 14.6 Å². The Bertz CT molecular complexity index is 1230. The van der Waals surface area contributed by atoms with Crippen molar-refractivity contribution in [1.29, 1.82) is 0 Å². The number of amides is 2. The number of carbonyl (C=O) groups is 1. The number of β-amino-alcohol motifs (C(OH)–C–C–N with tert-alkyl or cyclic N) is 1. The lowest BCUT2D eigenvalue weighted by Gasteiger charge is -2.31. The van der Waals surface area contributed by atoms with Crippen LogP contribution in [0.15, 0.2) is 36.4 Å². The molecule has 0 radical (unpaired) electrons. The van der Waals surface area contributed by atoms with E-state index < -0.39 is 6.10 Å². The van der Waals surface area contributed by atoms with Gasteiger partial charge in [0.05, 0.1) is 23.9 Å². The molecule has 1 aliphatic heterocycles. The van der Waals surface area contributed by atoms with Crippen LogP contribution in [0.3, 0.4) is 0 Å². The van der Waals surface area contributed by atoms with Crippen molar-refractivity contribution in [2.24, 2.45) is 0 Å². The molecule has 2 aromatic carbocycles. The standard InChI is InChI=1S/C26H31N5O3S/c1-15(2)34-23-11-8-16(13-21(23)27)24-29-30-25(35-24)20-7-3-6-19-18(20)9-10-22(19)28-26(33)31-12-4-5-17(32)14-31/h3,6-8,11,13,15,17,22,32H,4-5,9-10,12,14,27H2,1-2H3,(H,28,33)/t17-,22-/m0/s1. The number of hydrogen-bond donors (Lipinski definition) is 3. The molecule has 9 heteroatoms. The molecule has 184 valence electrons. The van der Waals surface area contributed by atoms with E-state index in [2.05, 4.69) is 27.6 Å². The summed E-state index contributed by atoms with van der Waals surface area (Å²) in [6.07, 6.45) is 2.91. The molecule has 3 aromatic rings. The van der Waals surface area contributed by atoms with E-state index in [1.807, 2.05) is 38.1 Å². The zero-order chi connectivity index (χ0) is 24.5. The molecule has 2 aliphatic rings. The van der Waals surface area contributed by atoms with Crippen LogP contribution >= 0.6 is 11.3 Å². The number of benzene rings is 2. The lowest BCUT2D eigenvalue weighted by Crippen LogP contribution is -2.47. The number of aliphatic hydroxyl groups excluding tert-OH is 1. The van der Waals surface area contributed by atoms with Crippen LogP contribution in [0.2, 0.25) is 0 Å².